The Labute approximate surface area is 80.3 Å². The van der Waals surface area contributed by atoms with Crippen LogP contribution in [0.5, 0.6) is 0 Å². The van der Waals surface area contributed by atoms with Gasteiger partial charge in [0.25, 0.3) is 0 Å². The number of piperazine rings is 1. The Hall–Kier alpha value is -0.160. The first kappa shape index (κ1) is 10.9. The molecular weight excluding hydrogens is 166 g/mol. The van der Waals surface area contributed by atoms with E-state index in [2.05, 4.69) is 15.5 Å². The lowest BCUT2D eigenvalue weighted by Crippen LogP contribution is -2.45. The van der Waals surface area contributed by atoms with Crippen LogP contribution in [-0.2, 0) is 0 Å². The molecule has 0 aromatic carbocycles. The van der Waals surface area contributed by atoms with Crippen molar-refractivity contribution in [1.29, 1.82) is 0 Å². The molecule has 1 heterocycles. The maximum Gasteiger partial charge on any atom is 0.0443 e. The van der Waals surface area contributed by atoms with Crippen LogP contribution in [0, 0.1) is 0 Å². The largest absolute Gasteiger partial charge is 0.396 e. The maximum atomic E-state index is 8.56. The van der Waals surface area contributed by atoms with E-state index in [1.54, 1.807) is 0 Å². The van der Waals surface area contributed by atoms with E-state index in [4.69, 9.17) is 5.11 Å². The predicted molar refractivity (Wildman–Crippen MR) is 53.9 cm³/mol. The van der Waals surface area contributed by atoms with Gasteiger partial charge >= 0.3 is 0 Å². The van der Waals surface area contributed by atoms with E-state index in [-0.39, 0.29) is 0 Å². The van der Waals surface area contributed by atoms with Gasteiger partial charge in [-0.15, -0.1) is 0 Å². The monoisotopic (exact) mass is 187 g/mol. The van der Waals surface area contributed by atoms with Crippen molar-refractivity contribution in [1.82, 2.24) is 15.5 Å². The zero-order chi connectivity index (χ0) is 9.36. The van der Waals surface area contributed by atoms with Gasteiger partial charge in [-0.25, -0.2) is 0 Å². The van der Waals surface area contributed by atoms with Crippen LogP contribution < -0.4 is 10.6 Å². The van der Waals surface area contributed by atoms with Gasteiger partial charge < -0.3 is 15.7 Å². The van der Waals surface area contributed by atoms with Gasteiger partial charge in [0, 0.05) is 45.9 Å². The molecule has 3 N–H and O–H groups in total. The summed E-state index contributed by atoms with van der Waals surface area (Å²) in [6, 6.07) is 0. The summed E-state index contributed by atoms with van der Waals surface area (Å²) in [5, 5.41) is 15.2. The van der Waals surface area contributed by atoms with Gasteiger partial charge in [0.05, 0.1) is 0 Å². The molecule has 1 fully saturated rings. The Morgan fingerprint density at radius 3 is 2.69 bits per heavy atom. The fourth-order valence-electron chi connectivity index (χ4n) is 1.50. The molecule has 1 aliphatic rings. The molecule has 0 aromatic heterocycles. The third-order valence-electron chi connectivity index (χ3n) is 2.33. The first-order valence-electron chi connectivity index (χ1n) is 5.18. The minimum atomic E-state index is 0.292. The summed E-state index contributed by atoms with van der Waals surface area (Å²) in [6.45, 7) is 7.98. The van der Waals surface area contributed by atoms with Crippen molar-refractivity contribution in [3.63, 3.8) is 0 Å². The third-order valence-corrected chi connectivity index (χ3v) is 2.33. The summed E-state index contributed by atoms with van der Waals surface area (Å²) >= 11 is 0. The third kappa shape index (κ3) is 5.21. The predicted octanol–water partition coefficient (Wildman–Crippen LogP) is -1.14. The van der Waals surface area contributed by atoms with Gasteiger partial charge in [-0.3, -0.25) is 4.90 Å². The van der Waals surface area contributed by atoms with Crippen molar-refractivity contribution in [2.45, 2.75) is 6.42 Å². The van der Waals surface area contributed by atoms with Gasteiger partial charge in [0.2, 0.25) is 0 Å². The van der Waals surface area contributed by atoms with Gasteiger partial charge in [0.15, 0.2) is 0 Å². The second kappa shape index (κ2) is 7.26. The Morgan fingerprint density at radius 1 is 1.23 bits per heavy atom. The van der Waals surface area contributed by atoms with E-state index in [9.17, 15) is 0 Å². The van der Waals surface area contributed by atoms with Crippen LogP contribution >= 0.6 is 0 Å². The summed E-state index contributed by atoms with van der Waals surface area (Å²) in [6.07, 6.45) is 0.863. The van der Waals surface area contributed by atoms with E-state index in [1.165, 1.54) is 13.1 Å². The number of hydrogen-bond donors (Lipinski definition) is 3. The molecule has 0 radical (unpaired) electrons. The quantitative estimate of drug-likeness (QED) is 0.460. The first-order valence-corrected chi connectivity index (χ1v) is 5.18. The van der Waals surface area contributed by atoms with E-state index in [0.717, 1.165) is 39.1 Å². The van der Waals surface area contributed by atoms with Gasteiger partial charge in [-0.2, -0.15) is 0 Å². The molecule has 1 saturated heterocycles. The van der Waals surface area contributed by atoms with Crippen molar-refractivity contribution in [2.24, 2.45) is 0 Å². The maximum absolute atomic E-state index is 8.56. The average molecular weight is 187 g/mol. The van der Waals surface area contributed by atoms with Crippen LogP contribution in [0.25, 0.3) is 0 Å². The van der Waals surface area contributed by atoms with E-state index in [0.29, 0.717) is 6.61 Å². The molecular formula is C9H21N3O. The number of nitrogens with one attached hydrogen (secondary N) is 2. The Morgan fingerprint density at radius 2 is 2.00 bits per heavy atom. The second-order valence-electron chi connectivity index (χ2n) is 3.42. The molecule has 4 heteroatoms. The molecule has 0 saturated carbocycles. The van der Waals surface area contributed by atoms with Crippen molar-refractivity contribution in [3.8, 4) is 0 Å². The van der Waals surface area contributed by atoms with Crippen LogP contribution in [0.3, 0.4) is 0 Å². The van der Waals surface area contributed by atoms with Crippen LogP contribution in [0.1, 0.15) is 6.42 Å². The van der Waals surface area contributed by atoms with Crippen LogP contribution in [-0.4, -0.2) is 62.4 Å². The second-order valence-corrected chi connectivity index (χ2v) is 3.42. The molecule has 0 unspecified atom stereocenters. The molecule has 78 valence electrons. The highest BCUT2D eigenvalue weighted by atomic mass is 16.3. The Balaban J connectivity index is 1.86. The SMILES string of the molecule is OCCCNCCN1CCNCC1. The van der Waals surface area contributed by atoms with Gasteiger partial charge in [-0.05, 0) is 13.0 Å². The molecule has 1 aliphatic heterocycles. The highest BCUT2D eigenvalue weighted by Crippen LogP contribution is 1.89. The highest BCUT2D eigenvalue weighted by Gasteiger charge is 2.07. The summed E-state index contributed by atoms with van der Waals surface area (Å²) in [5.74, 6) is 0. The van der Waals surface area contributed by atoms with Crippen molar-refractivity contribution in [3.05, 3.63) is 0 Å². The molecule has 1 rings (SSSR count). The molecule has 0 spiro atoms. The van der Waals surface area contributed by atoms with Crippen molar-refractivity contribution >= 4 is 0 Å². The number of aliphatic hydroxyl groups is 1. The van der Waals surface area contributed by atoms with Crippen LogP contribution in [0.4, 0.5) is 0 Å². The molecule has 4 nitrogen and oxygen atoms in total. The minimum absolute atomic E-state index is 0.292. The van der Waals surface area contributed by atoms with Crippen LogP contribution in [0.2, 0.25) is 0 Å². The summed E-state index contributed by atoms with van der Waals surface area (Å²) in [5.41, 5.74) is 0. The lowest BCUT2D eigenvalue weighted by Gasteiger charge is -2.27. The summed E-state index contributed by atoms with van der Waals surface area (Å²) < 4.78 is 0. The van der Waals surface area contributed by atoms with E-state index >= 15 is 0 Å². The topological polar surface area (TPSA) is 47.5 Å². The molecule has 0 aliphatic carbocycles. The molecule has 0 bridgehead atoms. The Bertz CT molecular complexity index is 115. The Kier molecular flexibility index (Phi) is 6.10. The fraction of sp³-hybridized carbons (Fsp3) is 1.00. The zero-order valence-electron chi connectivity index (χ0n) is 8.26. The first-order chi connectivity index (χ1) is 6.43. The lowest BCUT2D eigenvalue weighted by molar-refractivity contribution is 0.238. The summed E-state index contributed by atoms with van der Waals surface area (Å²) in [7, 11) is 0. The van der Waals surface area contributed by atoms with E-state index < -0.39 is 0 Å². The van der Waals surface area contributed by atoms with E-state index in [1.807, 2.05) is 0 Å². The minimum Gasteiger partial charge on any atom is -0.396 e. The average Bonchev–Trinajstić information content (AvgIpc) is 2.19. The normalized spacial score (nSPS) is 19.2. The molecule has 13 heavy (non-hydrogen) atoms. The molecule has 0 atom stereocenters. The number of rotatable bonds is 6. The number of hydrogen-bond acceptors (Lipinski definition) is 4. The standard InChI is InChI=1S/C9H21N3O/c13-9-1-2-10-3-6-12-7-4-11-5-8-12/h10-11,13H,1-9H2. The molecule has 0 amide bonds. The van der Waals surface area contributed by atoms with Crippen LogP contribution in [0.15, 0.2) is 0 Å². The van der Waals surface area contributed by atoms with Gasteiger partial charge in [0.1, 0.15) is 0 Å². The zero-order valence-corrected chi connectivity index (χ0v) is 8.26. The summed E-state index contributed by atoms with van der Waals surface area (Å²) in [4.78, 5) is 2.46. The smallest absolute Gasteiger partial charge is 0.0443 e. The fourth-order valence-corrected chi connectivity index (χ4v) is 1.50. The number of aliphatic hydroxyl groups excluding tert-OH is 1. The van der Waals surface area contributed by atoms with Gasteiger partial charge in [-0.1, -0.05) is 0 Å². The van der Waals surface area contributed by atoms with Crippen molar-refractivity contribution in [2.75, 3.05) is 52.4 Å². The van der Waals surface area contributed by atoms with Crippen molar-refractivity contribution < 1.29 is 5.11 Å². The lowest BCUT2D eigenvalue weighted by atomic mass is 10.3. The number of nitrogens with zero attached hydrogens (tertiary/aromatic N) is 1. The molecule has 0 aromatic rings. The highest BCUT2D eigenvalue weighted by molar-refractivity contribution is 4.67.